The minimum atomic E-state index is -0.965. The van der Waals surface area contributed by atoms with E-state index in [9.17, 15) is 4.55 Å². The predicted molar refractivity (Wildman–Crippen MR) is 70.7 cm³/mol. The third-order valence-corrected chi connectivity index (χ3v) is 5.31. The van der Waals surface area contributed by atoms with E-state index in [2.05, 4.69) is 23.9 Å². The maximum Gasteiger partial charge on any atom is 0.136 e. The fraction of sp³-hybridized carbons (Fsp3) is 1.00. The van der Waals surface area contributed by atoms with E-state index < -0.39 is 11.4 Å². The van der Waals surface area contributed by atoms with Gasteiger partial charge in [-0.05, 0) is 59.0 Å². The van der Waals surface area contributed by atoms with Crippen LogP contribution in [-0.4, -0.2) is 28.4 Å². The molecule has 0 amide bonds. The Morgan fingerprint density at radius 3 is 2.25 bits per heavy atom. The third kappa shape index (κ3) is 3.62. The highest BCUT2D eigenvalue weighted by molar-refractivity contribution is 7.90. The van der Waals surface area contributed by atoms with Gasteiger partial charge in [-0.1, -0.05) is 6.92 Å². The molecule has 0 aliphatic carbocycles. The first kappa shape index (κ1) is 14.3. The Balaban J connectivity index is 2.53. The number of piperidine rings is 1. The van der Waals surface area contributed by atoms with E-state index in [-0.39, 0.29) is 10.2 Å². The van der Waals surface area contributed by atoms with Crippen molar-refractivity contribution in [2.24, 2.45) is 5.41 Å². The van der Waals surface area contributed by atoms with Gasteiger partial charge in [-0.15, -0.1) is 4.72 Å². The van der Waals surface area contributed by atoms with Crippen LogP contribution in [0.4, 0.5) is 0 Å². The average Bonchev–Trinajstić information content (AvgIpc) is 2.17. The summed E-state index contributed by atoms with van der Waals surface area (Å²) in [5, 5.41) is 3.37. The summed E-state index contributed by atoms with van der Waals surface area (Å²) in [7, 11) is 0. The number of hydrogen-bond donors (Lipinski definition) is 2. The molecule has 0 aromatic rings. The lowest BCUT2D eigenvalue weighted by Crippen LogP contribution is -2.52. The molecule has 1 rings (SSSR count). The quantitative estimate of drug-likeness (QED) is 0.747. The van der Waals surface area contributed by atoms with Crippen LogP contribution in [0.15, 0.2) is 0 Å². The molecule has 3 nitrogen and oxygen atoms in total. The first-order chi connectivity index (χ1) is 7.26. The van der Waals surface area contributed by atoms with Crippen molar-refractivity contribution in [2.45, 2.75) is 58.2 Å². The van der Waals surface area contributed by atoms with Crippen LogP contribution in [0.5, 0.6) is 0 Å². The highest BCUT2D eigenvalue weighted by atomic mass is 32.2. The zero-order valence-electron chi connectivity index (χ0n) is 11.2. The predicted octanol–water partition coefficient (Wildman–Crippen LogP) is 1.82. The Morgan fingerprint density at radius 2 is 1.81 bits per heavy atom. The summed E-state index contributed by atoms with van der Waals surface area (Å²) in [6.45, 7) is 12.6. The molecule has 0 radical (unpaired) electrons. The summed E-state index contributed by atoms with van der Waals surface area (Å²) in [6, 6.07) is 0.301. The minimum absolute atomic E-state index is 0.183. The zero-order valence-corrected chi connectivity index (χ0v) is 12.0. The summed E-state index contributed by atoms with van der Waals surface area (Å²) >= 11 is -0.965. The molecule has 1 heterocycles. The molecule has 0 aromatic carbocycles. The standard InChI is InChI=1S/C12H26N2OS/c1-10(14-16(15)11(2,3)4)12(5)6-8-13-9-7-12/h10,13-14H,6-9H2,1-5H3. The molecule has 1 fully saturated rings. The second kappa shape index (κ2) is 5.25. The summed E-state index contributed by atoms with van der Waals surface area (Å²) < 4.78 is 15.1. The van der Waals surface area contributed by atoms with E-state index in [1.165, 1.54) is 0 Å². The molecule has 0 spiro atoms. The van der Waals surface area contributed by atoms with Crippen molar-refractivity contribution >= 4 is 11.4 Å². The lowest BCUT2D eigenvalue weighted by atomic mass is 9.76. The van der Waals surface area contributed by atoms with Crippen molar-refractivity contribution in [1.29, 1.82) is 0 Å². The topological polar surface area (TPSA) is 47.1 Å². The largest absolute Gasteiger partial charge is 0.598 e. The number of rotatable bonds is 3. The van der Waals surface area contributed by atoms with Crippen molar-refractivity contribution in [3.63, 3.8) is 0 Å². The second-order valence-corrected chi connectivity index (χ2v) is 8.12. The van der Waals surface area contributed by atoms with Gasteiger partial charge in [0.05, 0.1) is 6.04 Å². The monoisotopic (exact) mass is 246 g/mol. The molecule has 0 aromatic heterocycles. The molecule has 1 aliphatic rings. The van der Waals surface area contributed by atoms with Crippen molar-refractivity contribution < 1.29 is 4.55 Å². The van der Waals surface area contributed by atoms with Gasteiger partial charge in [0, 0.05) is 11.4 Å². The fourth-order valence-corrected chi connectivity index (χ4v) is 2.87. The Morgan fingerprint density at radius 1 is 1.31 bits per heavy atom. The van der Waals surface area contributed by atoms with Gasteiger partial charge in [-0.3, -0.25) is 0 Å². The smallest absolute Gasteiger partial charge is 0.136 e. The number of hydrogen-bond acceptors (Lipinski definition) is 3. The van der Waals surface area contributed by atoms with Crippen LogP contribution < -0.4 is 10.0 Å². The molecule has 2 unspecified atom stereocenters. The minimum Gasteiger partial charge on any atom is -0.598 e. The molecule has 1 saturated heterocycles. The lowest BCUT2D eigenvalue weighted by molar-refractivity contribution is 0.180. The molecule has 0 saturated carbocycles. The first-order valence-corrected chi connectivity index (χ1v) is 7.29. The van der Waals surface area contributed by atoms with Gasteiger partial charge in [0.2, 0.25) is 0 Å². The van der Waals surface area contributed by atoms with E-state index in [0.29, 0.717) is 6.04 Å². The molecular weight excluding hydrogens is 220 g/mol. The SMILES string of the molecule is CC(N[S+]([O-])C(C)(C)C)C1(C)CCNCC1. The van der Waals surface area contributed by atoms with Crippen LogP contribution in [0, 0.1) is 5.41 Å². The summed E-state index contributed by atoms with van der Waals surface area (Å²) in [5.41, 5.74) is 0.270. The molecule has 16 heavy (non-hydrogen) atoms. The van der Waals surface area contributed by atoms with Gasteiger partial charge in [0.25, 0.3) is 0 Å². The molecule has 4 heteroatoms. The molecule has 1 aliphatic heterocycles. The van der Waals surface area contributed by atoms with E-state index in [0.717, 1.165) is 25.9 Å². The van der Waals surface area contributed by atoms with Crippen LogP contribution in [0.1, 0.15) is 47.5 Å². The van der Waals surface area contributed by atoms with E-state index in [4.69, 9.17) is 0 Å². The van der Waals surface area contributed by atoms with Crippen LogP contribution in [-0.2, 0) is 11.4 Å². The van der Waals surface area contributed by atoms with E-state index in [1.807, 2.05) is 20.8 Å². The van der Waals surface area contributed by atoms with Crippen molar-refractivity contribution in [3.05, 3.63) is 0 Å². The number of nitrogens with one attached hydrogen (secondary N) is 2. The maximum absolute atomic E-state index is 12.0. The Labute approximate surface area is 103 Å². The summed E-state index contributed by atoms with van der Waals surface area (Å²) in [4.78, 5) is 0. The Bertz CT molecular complexity index is 222. The molecule has 2 N–H and O–H groups in total. The average molecular weight is 246 g/mol. The second-order valence-electron chi connectivity index (χ2n) is 6.12. The summed E-state index contributed by atoms with van der Waals surface area (Å²) in [5.74, 6) is 0. The van der Waals surface area contributed by atoms with Crippen molar-refractivity contribution in [3.8, 4) is 0 Å². The van der Waals surface area contributed by atoms with Gasteiger partial charge in [0.15, 0.2) is 0 Å². The third-order valence-electron chi connectivity index (χ3n) is 3.63. The van der Waals surface area contributed by atoms with Crippen LogP contribution in [0.2, 0.25) is 0 Å². The van der Waals surface area contributed by atoms with E-state index >= 15 is 0 Å². The van der Waals surface area contributed by atoms with Crippen molar-refractivity contribution in [2.75, 3.05) is 13.1 Å². The van der Waals surface area contributed by atoms with Gasteiger partial charge in [-0.2, -0.15) is 0 Å². The Kier molecular flexibility index (Phi) is 4.69. The zero-order chi connectivity index (χ0) is 12.4. The summed E-state index contributed by atoms with van der Waals surface area (Å²) in [6.07, 6.45) is 2.31. The van der Waals surface area contributed by atoms with Crippen LogP contribution in [0.3, 0.4) is 0 Å². The Hall–Kier alpha value is 0.230. The van der Waals surface area contributed by atoms with Crippen LogP contribution in [0.25, 0.3) is 0 Å². The lowest BCUT2D eigenvalue weighted by Gasteiger charge is -2.40. The fourth-order valence-electron chi connectivity index (χ4n) is 1.91. The molecule has 0 bridgehead atoms. The maximum atomic E-state index is 12.0. The molecular formula is C12H26N2OS. The van der Waals surface area contributed by atoms with Gasteiger partial charge < -0.3 is 9.87 Å². The highest BCUT2D eigenvalue weighted by Crippen LogP contribution is 2.32. The first-order valence-electron chi connectivity index (χ1n) is 6.14. The van der Waals surface area contributed by atoms with E-state index in [1.54, 1.807) is 0 Å². The van der Waals surface area contributed by atoms with Crippen molar-refractivity contribution in [1.82, 2.24) is 10.0 Å². The molecule has 2 atom stereocenters. The van der Waals surface area contributed by atoms with Gasteiger partial charge in [-0.25, -0.2) is 0 Å². The van der Waals surface area contributed by atoms with Gasteiger partial charge in [0.1, 0.15) is 4.75 Å². The highest BCUT2D eigenvalue weighted by Gasteiger charge is 2.37. The normalized spacial score (nSPS) is 25.1. The van der Waals surface area contributed by atoms with Crippen LogP contribution >= 0.6 is 0 Å². The van der Waals surface area contributed by atoms with Gasteiger partial charge >= 0.3 is 0 Å². The molecule has 96 valence electrons.